The first-order valence-corrected chi connectivity index (χ1v) is 7.39. The maximum Gasteiger partial charge on any atom is 0.145 e. The molecule has 0 aliphatic carbocycles. The summed E-state index contributed by atoms with van der Waals surface area (Å²) >= 11 is 12.1. The van der Waals surface area contributed by atoms with Gasteiger partial charge in [0.05, 0.1) is 16.6 Å². The first kappa shape index (κ1) is 14.2. The Labute approximate surface area is 132 Å². The number of fused-ring (bicyclic) bond motifs is 1. The number of halogens is 2. The monoisotopic (exact) mass is 320 g/mol. The number of phenolic OH excluding ortho intramolecular Hbond substituents is 1. The Hall–Kier alpha value is -1.71. The number of hydrogen-bond acceptors (Lipinski definition) is 2. The summed E-state index contributed by atoms with van der Waals surface area (Å²) in [5, 5.41) is 11.4. The molecule has 0 saturated heterocycles. The van der Waals surface area contributed by atoms with E-state index >= 15 is 0 Å². The third-order valence-corrected chi connectivity index (χ3v) is 3.84. The summed E-state index contributed by atoms with van der Waals surface area (Å²) in [6.07, 6.45) is 0. The number of rotatable bonds is 2. The molecule has 3 aromatic rings. The van der Waals surface area contributed by atoms with Gasteiger partial charge in [-0.3, -0.25) is 0 Å². The third-order valence-electron chi connectivity index (χ3n) is 3.37. The van der Waals surface area contributed by atoms with Crippen LogP contribution in [0.25, 0.3) is 22.4 Å². The average Bonchev–Trinajstić information content (AvgIpc) is 2.79. The topological polar surface area (TPSA) is 38.0 Å². The Bertz CT molecular complexity index is 825. The predicted molar refractivity (Wildman–Crippen MR) is 87.2 cm³/mol. The summed E-state index contributed by atoms with van der Waals surface area (Å²) in [6, 6.07) is 10.7. The Morgan fingerprint density at radius 3 is 2.43 bits per heavy atom. The lowest BCUT2D eigenvalue weighted by Crippen LogP contribution is -2.03. The van der Waals surface area contributed by atoms with E-state index in [-0.39, 0.29) is 11.8 Å². The zero-order valence-electron chi connectivity index (χ0n) is 11.6. The summed E-state index contributed by atoms with van der Waals surface area (Å²) in [5.41, 5.74) is 2.39. The summed E-state index contributed by atoms with van der Waals surface area (Å²) in [5.74, 6) is 0.838. The van der Waals surface area contributed by atoms with Crippen molar-refractivity contribution in [3.63, 3.8) is 0 Å². The van der Waals surface area contributed by atoms with Gasteiger partial charge in [0.15, 0.2) is 0 Å². The van der Waals surface area contributed by atoms with Crippen LogP contribution in [0.2, 0.25) is 10.0 Å². The first-order valence-electron chi connectivity index (χ1n) is 6.63. The van der Waals surface area contributed by atoms with Gasteiger partial charge >= 0.3 is 0 Å². The molecule has 1 heterocycles. The van der Waals surface area contributed by atoms with Crippen LogP contribution in [0.4, 0.5) is 0 Å². The van der Waals surface area contributed by atoms with Crippen molar-refractivity contribution in [3.8, 4) is 17.1 Å². The maximum atomic E-state index is 10.1. The van der Waals surface area contributed by atoms with Crippen LogP contribution < -0.4 is 0 Å². The molecule has 0 aliphatic rings. The second kappa shape index (κ2) is 5.24. The van der Waals surface area contributed by atoms with Gasteiger partial charge in [0.25, 0.3) is 0 Å². The number of hydrogen-bond donors (Lipinski definition) is 1. The molecule has 108 valence electrons. The van der Waals surface area contributed by atoms with E-state index in [1.807, 2.05) is 22.8 Å². The van der Waals surface area contributed by atoms with Crippen LogP contribution in [0.5, 0.6) is 5.75 Å². The third kappa shape index (κ3) is 2.47. The van der Waals surface area contributed by atoms with Crippen LogP contribution in [0.1, 0.15) is 19.9 Å². The molecule has 3 rings (SSSR count). The SMILES string of the molecule is CC(C)n1c(-c2cc(Cl)ccc2O)nc2ccc(Cl)cc21. The Balaban J connectivity index is 2.36. The van der Waals surface area contributed by atoms with Gasteiger partial charge in [-0.1, -0.05) is 23.2 Å². The van der Waals surface area contributed by atoms with E-state index in [0.29, 0.717) is 21.4 Å². The highest BCUT2D eigenvalue weighted by Gasteiger charge is 2.18. The van der Waals surface area contributed by atoms with Gasteiger partial charge in [0.2, 0.25) is 0 Å². The molecular weight excluding hydrogens is 307 g/mol. The summed E-state index contributed by atoms with van der Waals surface area (Å²) in [6.45, 7) is 4.13. The van der Waals surface area contributed by atoms with Crippen LogP contribution in [0, 0.1) is 0 Å². The molecule has 0 aliphatic heterocycles. The number of aromatic hydroxyl groups is 1. The van der Waals surface area contributed by atoms with E-state index in [2.05, 4.69) is 18.8 Å². The average molecular weight is 321 g/mol. The van der Waals surface area contributed by atoms with E-state index < -0.39 is 0 Å². The number of imidazole rings is 1. The van der Waals surface area contributed by atoms with E-state index in [4.69, 9.17) is 23.2 Å². The van der Waals surface area contributed by atoms with E-state index in [1.165, 1.54) is 0 Å². The fourth-order valence-electron chi connectivity index (χ4n) is 2.47. The van der Waals surface area contributed by atoms with Crippen molar-refractivity contribution in [1.82, 2.24) is 9.55 Å². The fraction of sp³-hybridized carbons (Fsp3) is 0.188. The molecule has 0 bridgehead atoms. The minimum absolute atomic E-state index is 0.155. The highest BCUT2D eigenvalue weighted by atomic mass is 35.5. The van der Waals surface area contributed by atoms with Gasteiger partial charge in [-0.05, 0) is 50.2 Å². The van der Waals surface area contributed by atoms with Crippen LogP contribution in [-0.4, -0.2) is 14.7 Å². The normalized spacial score (nSPS) is 11.5. The Morgan fingerprint density at radius 2 is 1.71 bits per heavy atom. The molecule has 0 radical (unpaired) electrons. The zero-order valence-corrected chi connectivity index (χ0v) is 13.2. The highest BCUT2D eigenvalue weighted by molar-refractivity contribution is 6.31. The molecule has 5 heteroatoms. The van der Waals surface area contributed by atoms with Crippen molar-refractivity contribution < 1.29 is 5.11 Å². The van der Waals surface area contributed by atoms with Crippen molar-refractivity contribution in [2.24, 2.45) is 0 Å². The number of phenols is 1. The van der Waals surface area contributed by atoms with Gasteiger partial charge in [-0.25, -0.2) is 4.98 Å². The highest BCUT2D eigenvalue weighted by Crippen LogP contribution is 2.35. The van der Waals surface area contributed by atoms with Crippen molar-refractivity contribution in [1.29, 1.82) is 0 Å². The molecule has 3 nitrogen and oxygen atoms in total. The summed E-state index contributed by atoms with van der Waals surface area (Å²) < 4.78 is 2.05. The summed E-state index contributed by atoms with van der Waals surface area (Å²) in [4.78, 5) is 4.63. The minimum atomic E-state index is 0.155. The lowest BCUT2D eigenvalue weighted by Gasteiger charge is -2.14. The van der Waals surface area contributed by atoms with Crippen molar-refractivity contribution >= 4 is 34.2 Å². The van der Waals surface area contributed by atoms with Crippen LogP contribution in [0.3, 0.4) is 0 Å². The van der Waals surface area contributed by atoms with Gasteiger partial charge in [-0.15, -0.1) is 0 Å². The smallest absolute Gasteiger partial charge is 0.145 e. The lowest BCUT2D eigenvalue weighted by molar-refractivity contribution is 0.476. The number of aromatic nitrogens is 2. The second-order valence-electron chi connectivity index (χ2n) is 5.19. The minimum Gasteiger partial charge on any atom is -0.507 e. The number of benzene rings is 2. The standard InChI is InChI=1S/C16H14Cl2N2O/c1-9(2)20-14-8-11(18)3-5-13(14)19-16(20)12-7-10(17)4-6-15(12)21/h3-9,21H,1-2H3. The van der Waals surface area contributed by atoms with Gasteiger partial charge < -0.3 is 9.67 Å². The molecule has 21 heavy (non-hydrogen) atoms. The van der Waals surface area contributed by atoms with Crippen molar-refractivity contribution in [2.75, 3.05) is 0 Å². The molecule has 0 saturated carbocycles. The molecule has 0 amide bonds. The fourth-order valence-corrected chi connectivity index (χ4v) is 2.80. The first-order chi connectivity index (χ1) is 9.97. The number of nitrogens with zero attached hydrogens (tertiary/aromatic N) is 2. The quantitative estimate of drug-likeness (QED) is 0.696. The van der Waals surface area contributed by atoms with Gasteiger partial charge in [0, 0.05) is 16.1 Å². The van der Waals surface area contributed by atoms with Gasteiger partial charge in [-0.2, -0.15) is 0 Å². The largest absolute Gasteiger partial charge is 0.507 e. The molecule has 1 N–H and O–H groups in total. The predicted octanol–water partition coefficient (Wildman–Crippen LogP) is 5.30. The Morgan fingerprint density at radius 1 is 1.05 bits per heavy atom. The molecule has 0 fully saturated rings. The van der Waals surface area contributed by atoms with Crippen LogP contribution >= 0.6 is 23.2 Å². The van der Waals surface area contributed by atoms with E-state index in [1.54, 1.807) is 18.2 Å². The zero-order chi connectivity index (χ0) is 15.1. The molecule has 1 aromatic heterocycles. The van der Waals surface area contributed by atoms with E-state index in [9.17, 15) is 5.11 Å². The van der Waals surface area contributed by atoms with Crippen LogP contribution in [0.15, 0.2) is 36.4 Å². The molecule has 2 aromatic carbocycles. The second-order valence-corrected chi connectivity index (χ2v) is 6.07. The van der Waals surface area contributed by atoms with E-state index in [0.717, 1.165) is 11.0 Å². The molecule has 0 unspecified atom stereocenters. The van der Waals surface area contributed by atoms with Crippen LogP contribution in [-0.2, 0) is 0 Å². The molecular formula is C16H14Cl2N2O. The van der Waals surface area contributed by atoms with Crippen molar-refractivity contribution in [3.05, 3.63) is 46.4 Å². The summed E-state index contributed by atoms with van der Waals surface area (Å²) in [7, 11) is 0. The maximum absolute atomic E-state index is 10.1. The van der Waals surface area contributed by atoms with Crippen molar-refractivity contribution in [2.45, 2.75) is 19.9 Å². The molecule has 0 spiro atoms. The Kier molecular flexibility index (Phi) is 3.56. The van der Waals surface area contributed by atoms with Gasteiger partial charge in [0.1, 0.15) is 11.6 Å². The lowest BCUT2D eigenvalue weighted by atomic mass is 10.2. The molecule has 0 atom stereocenters.